The number of aryl methyl sites for hydroxylation is 2. The summed E-state index contributed by atoms with van der Waals surface area (Å²) in [4.78, 5) is 32.3. The molecule has 2 N–H and O–H groups in total. The molecule has 0 bridgehead atoms. The molecule has 3 heterocycles. The summed E-state index contributed by atoms with van der Waals surface area (Å²) in [6.45, 7) is 2.51. The van der Waals surface area contributed by atoms with Crippen LogP contribution in [0.25, 0.3) is 16.9 Å². The molecule has 2 aromatic carbocycles. The van der Waals surface area contributed by atoms with E-state index in [0.717, 1.165) is 15.9 Å². The normalized spacial score (nSPS) is 11.3. The van der Waals surface area contributed by atoms with Crippen LogP contribution in [-0.4, -0.2) is 33.9 Å². The first-order chi connectivity index (χ1) is 16.4. The summed E-state index contributed by atoms with van der Waals surface area (Å²) < 4.78 is 4.34. The molecule has 0 saturated carbocycles. The van der Waals surface area contributed by atoms with Crippen molar-refractivity contribution in [2.24, 2.45) is 14.1 Å². The predicted molar refractivity (Wildman–Crippen MR) is 131 cm³/mol. The molecule has 0 atom stereocenters. The third-order valence-electron chi connectivity index (χ3n) is 5.48. The summed E-state index contributed by atoms with van der Waals surface area (Å²) in [5.41, 5.74) is 2.77. The number of para-hydroxylation sites is 1. The summed E-state index contributed by atoms with van der Waals surface area (Å²) in [5, 5.41) is 13.2. The van der Waals surface area contributed by atoms with Crippen molar-refractivity contribution in [3.63, 3.8) is 0 Å². The van der Waals surface area contributed by atoms with Gasteiger partial charge in [-0.15, -0.1) is 10.2 Å². The zero-order chi connectivity index (χ0) is 23.8. The van der Waals surface area contributed by atoms with Crippen molar-refractivity contribution in [3.05, 3.63) is 86.8 Å². The lowest BCUT2D eigenvalue weighted by Gasteiger charge is -2.11. The molecular weight excluding hydrogens is 452 g/mol. The van der Waals surface area contributed by atoms with Crippen LogP contribution in [0.15, 0.2) is 74.5 Å². The van der Waals surface area contributed by atoms with Gasteiger partial charge in [0, 0.05) is 25.5 Å². The van der Waals surface area contributed by atoms with Gasteiger partial charge in [0.25, 0.3) is 5.56 Å². The van der Waals surface area contributed by atoms with Gasteiger partial charge in [-0.3, -0.25) is 18.5 Å². The Kier molecular flexibility index (Phi) is 5.54. The number of nitrogens with zero attached hydrogens (tertiary/aromatic N) is 6. The Hall–Kier alpha value is -4.12. The van der Waals surface area contributed by atoms with Crippen molar-refractivity contribution in [1.82, 2.24) is 33.9 Å². The lowest BCUT2D eigenvalue weighted by molar-refractivity contribution is 0.708. The SMILES string of the molecule is Cc1ccc(NCc2nnc(Sc3nc4c([nH]3)c(=O)n(C)c(=O)n4C)n2-c2ccccc2)cc1. The molecule has 0 spiro atoms. The average Bonchev–Trinajstić information content (AvgIpc) is 3.46. The monoisotopic (exact) mass is 474 g/mol. The number of rotatable bonds is 6. The third kappa shape index (κ3) is 3.90. The topological polar surface area (TPSA) is 115 Å². The molecule has 3 aromatic heterocycles. The lowest BCUT2D eigenvalue weighted by atomic mass is 10.2. The molecule has 5 rings (SSSR count). The summed E-state index contributed by atoms with van der Waals surface area (Å²) >= 11 is 1.24. The van der Waals surface area contributed by atoms with E-state index in [1.165, 1.54) is 28.9 Å². The summed E-state index contributed by atoms with van der Waals surface area (Å²) in [6.07, 6.45) is 0. The molecule has 172 valence electrons. The van der Waals surface area contributed by atoms with Gasteiger partial charge in [-0.2, -0.15) is 0 Å². The van der Waals surface area contributed by atoms with E-state index in [4.69, 9.17) is 0 Å². The number of nitrogens with one attached hydrogen (secondary N) is 2. The second-order valence-corrected chi connectivity index (χ2v) is 8.79. The van der Waals surface area contributed by atoms with Crippen molar-refractivity contribution in [3.8, 4) is 5.69 Å². The van der Waals surface area contributed by atoms with Crippen LogP contribution >= 0.6 is 11.8 Å². The van der Waals surface area contributed by atoms with Crippen LogP contribution in [0.5, 0.6) is 0 Å². The van der Waals surface area contributed by atoms with Gasteiger partial charge < -0.3 is 10.3 Å². The van der Waals surface area contributed by atoms with E-state index < -0.39 is 11.2 Å². The Morgan fingerprint density at radius 2 is 1.71 bits per heavy atom. The van der Waals surface area contributed by atoms with Crippen molar-refractivity contribution in [2.75, 3.05) is 5.32 Å². The Bertz CT molecular complexity index is 1600. The van der Waals surface area contributed by atoms with Gasteiger partial charge in [0.2, 0.25) is 5.16 Å². The molecule has 10 nitrogen and oxygen atoms in total. The fraction of sp³-hybridized carbons (Fsp3) is 0.174. The minimum absolute atomic E-state index is 0.263. The largest absolute Gasteiger partial charge is 0.378 e. The van der Waals surface area contributed by atoms with E-state index in [2.05, 4.69) is 25.5 Å². The molecule has 11 heteroatoms. The van der Waals surface area contributed by atoms with Crippen LogP contribution in [-0.2, 0) is 20.6 Å². The van der Waals surface area contributed by atoms with E-state index in [0.29, 0.717) is 28.3 Å². The average molecular weight is 475 g/mol. The number of imidazole rings is 1. The molecule has 0 unspecified atom stereocenters. The second kappa shape index (κ2) is 8.67. The standard InChI is InChI=1S/C23H22N8O2S/c1-14-9-11-15(12-10-14)24-13-17-27-28-22(31(17)16-7-5-4-6-8-16)34-21-25-18-19(26-21)29(2)23(33)30(3)20(18)32/h4-12,24H,13H2,1-3H3,(H,25,26). The summed E-state index contributed by atoms with van der Waals surface area (Å²) in [6, 6.07) is 17.9. The van der Waals surface area contributed by atoms with Crippen LogP contribution in [0.4, 0.5) is 5.69 Å². The number of H-pyrrole nitrogens is 1. The third-order valence-corrected chi connectivity index (χ3v) is 6.31. The van der Waals surface area contributed by atoms with Gasteiger partial charge in [0.1, 0.15) is 0 Å². The maximum absolute atomic E-state index is 12.5. The number of fused-ring (bicyclic) bond motifs is 1. The van der Waals surface area contributed by atoms with Crippen LogP contribution in [0.1, 0.15) is 11.4 Å². The molecule has 0 amide bonds. The van der Waals surface area contributed by atoms with Gasteiger partial charge in [0.15, 0.2) is 22.1 Å². The van der Waals surface area contributed by atoms with Crippen LogP contribution in [0.3, 0.4) is 0 Å². The minimum Gasteiger partial charge on any atom is -0.378 e. The molecule has 0 radical (unpaired) electrons. The quantitative estimate of drug-likeness (QED) is 0.389. The van der Waals surface area contributed by atoms with Gasteiger partial charge in [-0.25, -0.2) is 9.78 Å². The number of anilines is 1. The second-order valence-electron chi connectivity index (χ2n) is 7.84. The van der Waals surface area contributed by atoms with Gasteiger partial charge in [-0.05, 0) is 43.0 Å². The maximum atomic E-state index is 12.5. The van der Waals surface area contributed by atoms with E-state index in [9.17, 15) is 9.59 Å². The van der Waals surface area contributed by atoms with Crippen LogP contribution < -0.4 is 16.6 Å². The van der Waals surface area contributed by atoms with E-state index in [-0.39, 0.29) is 5.52 Å². The van der Waals surface area contributed by atoms with Gasteiger partial charge in [-0.1, -0.05) is 35.9 Å². The zero-order valence-electron chi connectivity index (χ0n) is 18.8. The Balaban J connectivity index is 1.52. The predicted octanol–water partition coefficient (Wildman–Crippen LogP) is 2.61. The van der Waals surface area contributed by atoms with Gasteiger partial charge >= 0.3 is 5.69 Å². The molecule has 34 heavy (non-hydrogen) atoms. The van der Waals surface area contributed by atoms with E-state index in [1.54, 1.807) is 7.05 Å². The highest BCUT2D eigenvalue weighted by atomic mass is 32.2. The highest BCUT2D eigenvalue weighted by molar-refractivity contribution is 7.99. The number of aromatic amines is 1. The first kappa shape index (κ1) is 21.7. The fourth-order valence-electron chi connectivity index (χ4n) is 3.61. The summed E-state index contributed by atoms with van der Waals surface area (Å²) in [7, 11) is 3.03. The molecule has 0 saturated heterocycles. The van der Waals surface area contributed by atoms with Crippen molar-refractivity contribution < 1.29 is 0 Å². The van der Waals surface area contributed by atoms with E-state index >= 15 is 0 Å². The van der Waals surface area contributed by atoms with Crippen molar-refractivity contribution >= 4 is 28.6 Å². The molecular formula is C23H22N8O2S. The van der Waals surface area contributed by atoms with Gasteiger partial charge in [0.05, 0.1) is 6.54 Å². The molecule has 0 aliphatic rings. The lowest BCUT2D eigenvalue weighted by Crippen LogP contribution is -2.36. The van der Waals surface area contributed by atoms with Crippen molar-refractivity contribution in [1.29, 1.82) is 0 Å². The van der Waals surface area contributed by atoms with E-state index in [1.807, 2.05) is 66.1 Å². The smallest absolute Gasteiger partial charge is 0.332 e. The number of hydrogen-bond acceptors (Lipinski definition) is 7. The first-order valence-electron chi connectivity index (χ1n) is 10.6. The Labute approximate surface area is 198 Å². The van der Waals surface area contributed by atoms with Crippen LogP contribution in [0, 0.1) is 6.92 Å². The minimum atomic E-state index is -0.433. The molecule has 0 fully saturated rings. The molecule has 0 aliphatic carbocycles. The fourth-order valence-corrected chi connectivity index (χ4v) is 4.45. The number of aromatic nitrogens is 7. The van der Waals surface area contributed by atoms with Crippen LogP contribution in [0.2, 0.25) is 0 Å². The molecule has 5 aromatic rings. The van der Waals surface area contributed by atoms with Crippen molar-refractivity contribution in [2.45, 2.75) is 23.8 Å². The Morgan fingerprint density at radius 3 is 2.44 bits per heavy atom. The Morgan fingerprint density at radius 1 is 0.971 bits per heavy atom. The maximum Gasteiger partial charge on any atom is 0.332 e. The zero-order valence-corrected chi connectivity index (χ0v) is 19.6. The molecule has 0 aliphatic heterocycles. The summed E-state index contributed by atoms with van der Waals surface area (Å²) in [5.74, 6) is 0.716. The highest BCUT2D eigenvalue weighted by Crippen LogP contribution is 2.28. The number of hydrogen-bond donors (Lipinski definition) is 2. The number of benzene rings is 2. The first-order valence-corrected chi connectivity index (χ1v) is 11.4. The highest BCUT2D eigenvalue weighted by Gasteiger charge is 2.19.